The average Bonchev–Trinajstić information content (AvgIpc) is 2.52. The highest BCUT2D eigenvalue weighted by Gasteiger charge is 2.07. The van der Waals surface area contributed by atoms with Crippen LogP contribution in [0.5, 0.6) is 11.5 Å². The van der Waals surface area contributed by atoms with Gasteiger partial charge in [0.05, 0.1) is 7.11 Å². The van der Waals surface area contributed by atoms with Gasteiger partial charge in [0.1, 0.15) is 18.1 Å². The van der Waals surface area contributed by atoms with Gasteiger partial charge in [-0.15, -0.1) is 0 Å². The molecule has 0 aromatic heterocycles. The van der Waals surface area contributed by atoms with E-state index >= 15 is 0 Å². The van der Waals surface area contributed by atoms with Crippen molar-refractivity contribution in [2.75, 3.05) is 13.7 Å². The molecule has 21 heavy (non-hydrogen) atoms. The first-order valence-electron chi connectivity index (χ1n) is 7.29. The summed E-state index contributed by atoms with van der Waals surface area (Å²) in [6.07, 6.45) is 0. The molecule has 3 nitrogen and oxygen atoms in total. The second-order valence-corrected chi connectivity index (χ2v) is 4.98. The van der Waals surface area contributed by atoms with Gasteiger partial charge in [0.2, 0.25) is 0 Å². The van der Waals surface area contributed by atoms with Crippen molar-refractivity contribution in [2.45, 2.75) is 27.0 Å². The zero-order valence-electron chi connectivity index (χ0n) is 13.0. The second kappa shape index (κ2) is 7.70. The van der Waals surface area contributed by atoms with E-state index in [1.54, 1.807) is 7.11 Å². The van der Waals surface area contributed by atoms with Gasteiger partial charge in [-0.1, -0.05) is 37.3 Å². The first-order valence-corrected chi connectivity index (χ1v) is 7.29. The number of hydrogen-bond donors (Lipinski definition) is 1. The number of rotatable bonds is 7. The maximum atomic E-state index is 6.05. The molecule has 0 bridgehead atoms. The average molecular weight is 285 g/mol. The zero-order valence-corrected chi connectivity index (χ0v) is 13.0. The number of hydrogen-bond acceptors (Lipinski definition) is 3. The fourth-order valence-corrected chi connectivity index (χ4v) is 2.24. The SMILES string of the molecule is CCNCc1cccc(C)c1OCc1cccc(OC)c1. The molecule has 0 saturated heterocycles. The Kier molecular flexibility index (Phi) is 5.64. The molecule has 112 valence electrons. The molecule has 0 unspecified atom stereocenters. The molecule has 0 aliphatic carbocycles. The Labute approximate surface area is 126 Å². The molecular weight excluding hydrogens is 262 g/mol. The third kappa shape index (κ3) is 4.23. The van der Waals surface area contributed by atoms with Crippen molar-refractivity contribution in [1.29, 1.82) is 0 Å². The van der Waals surface area contributed by atoms with Gasteiger partial charge in [-0.2, -0.15) is 0 Å². The standard InChI is InChI=1S/C18H23NO2/c1-4-19-12-16-9-5-7-14(2)18(16)21-13-15-8-6-10-17(11-15)20-3/h5-11,19H,4,12-13H2,1-3H3. The maximum absolute atomic E-state index is 6.05. The molecule has 0 radical (unpaired) electrons. The summed E-state index contributed by atoms with van der Waals surface area (Å²) < 4.78 is 11.3. The first kappa shape index (κ1) is 15.4. The Hall–Kier alpha value is -2.00. The number of benzene rings is 2. The first-order chi connectivity index (χ1) is 10.2. The number of ether oxygens (including phenoxy) is 2. The van der Waals surface area contributed by atoms with Crippen molar-refractivity contribution >= 4 is 0 Å². The fraction of sp³-hybridized carbons (Fsp3) is 0.333. The fourth-order valence-electron chi connectivity index (χ4n) is 2.24. The van der Waals surface area contributed by atoms with Crippen molar-refractivity contribution < 1.29 is 9.47 Å². The zero-order chi connectivity index (χ0) is 15.1. The Morgan fingerprint density at radius 2 is 1.90 bits per heavy atom. The van der Waals surface area contributed by atoms with Gasteiger partial charge in [-0.05, 0) is 36.7 Å². The van der Waals surface area contributed by atoms with Crippen LogP contribution in [-0.4, -0.2) is 13.7 Å². The normalized spacial score (nSPS) is 10.4. The summed E-state index contributed by atoms with van der Waals surface area (Å²) in [7, 11) is 1.68. The predicted octanol–water partition coefficient (Wildman–Crippen LogP) is 3.69. The van der Waals surface area contributed by atoms with Crippen LogP contribution in [0.1, 0.15) is 23.6 Å². The minimum absolute atomic E-state index is 0.543. The summed E-state index contributed by atoms with van der Waals surface area (Å²) in [5.74, 6) is 1.83. The Balaban J connectivity index is 2.11. The lowest BCUT2D eigenvalue weighted by Gasteiger charge is -2.15. The van der Waals surface area contributed by atoms with E-state index < -0.39 is 0 Å². The van der Waals surface area contributed by atoms with Crippen molar-refractivity contribution in [3.05, 3.63) is 59.2 Å². The van der Waals surface area contributed by atoms with Crippen LogP contribution in [-0.2, 0) is 13.2 Å². The van der Waals surface area contributed by atoms with Gasteiger partial charge in [0.15, 0.2) is 0 Å². The van der Waals surface area contributed by atoms with E-state index in [-0.39, 0.29) is 0 Å². The molecule has 0 atom stereocenters. The van der Waals surface area contributed by atoms with Crippen LogP contribution in [0.2, 0.25) is 0 Å². The second-order valence-electron chi connectivity index (χ2n) is 4.98. The molecule has 3 heteroatoms. The Morgan fingerprint density at radius 3 is 2.67 bits per heavy atom. The van der Waals surface area contributed by atoms with E-state index in [4.69, 9.17) is 9.47 Å². The van der Waals surface area contributed by atoms with Gasteiger partial charge in [0.25, 0.3) is 0 Å². The molecule has 2 aromatic rings. The smallest absolute Gasteiger partial charge is 0.127 e. The monoisotopic (exact) mass is 285 g/mol. The maximum Gasteiger partial charge on any atom is 0.127 e. The van der Waals surface area contributed by atoms with Crippen molar-refractivity contribution in [2.24, 2.45) is 0 Å². The molecule has 1 N–H and O–H groups in total. The van der Waals surface area contributed by atoms with Crippen LogP contribution in [0, 0.1) is 6.92 Å². The van der Waals surface area contributed by atoms with Crippen molar-refractivity contribution in [3.63, 3.8) is 0 Å². The van der Waals surface area contributed by atoms with E-state index in [0.29, 0.717) is 6.61 Å². The largest absolute Gasteiger partial charge is 0.497 e. The molecule has 0 aliphatic heterocycles. The molecule has 0 heterocycles. The van der Waals surface area contributed by atoms with Crippen LogP contribution in [0.4, 0.5) is 0 Å². The highest BCUT2D eigenvalue weighted by atomic mass is 16.5. The van der Waals surface area contributed by atoms with Crippen LogP contribution < -0.4 is 14.8 Å². The molecule has 0 aliphatic rings. The predicted molar refractivity (Wildman–Crippen MR) is 85.9 cm³/mol. The molecule has 0 saturated carbocycles. The van der Waals surface area contributed by atoms with Crippen LogP contribution in [0.25, 0.3) is 0 Å². The highest BCUT2D eigenvalue weighted by Crippen LogP contribution is 2.25. The van der Waals surface area contributed by atoms with Gasteiger partial charge in [-0.25, -0.2) is 0 Å². The van der Waals surface area contributed by atoms with Crippen LogP contribution in [0.15, 0.2) is 42.5 Å². The highest BCUT2D eigenvalue weighted by molar-refractivity contribution is 5.41. The summed E-state index contributed by atoms with van der Waals surface area (Å²) >= 11 is 0. The minimum Gasteiger partial charge on any atom is -0.497 e. The Bertz CT molecular complexity index is 581. The Morgan fingerprint density at radius 1 is 1.10 bits per heavy atom. The molecule has 0 amide bonds. The third-order valence-electron chi connectivity index (χ3n) is 3.38. The molecule has 2 rings (SSSR count). The lowest BCUT2D eigenvalue weighted by atomic mass is 10.1. The summed E-state index contributed by atoms with van der Waals surface area (Å²) in [4.78, 5) is 0. The lowest BCUT2D eigenvalue weighted by Crippen LogP contribution is -2.13. The molecule has 0 fully saturated rings. The minimum atomic E-state index is 0.543. The van der Waals surface area contributed by atoms with Crippen molar-refractivity contribution in [3.8, 4) is 11.5 Å². The molecule has 2 aromatic carbocycles. The number of nitrogens with one attached hydrogen (secondary N) is 1. The van der Waals surface area contributed by atoms with E-state index in [1.807, 2.05) is 24.3 Å². The van der Waals surface area contributed by atoms with Gasteiger partial charge < -0.3 is 14.8 Å². The van der Waals surface area contributed by atoms with Crippen molar-refractivity contribution in [1.82, 2.24) is 5.32 Å². The lowest BCUT2D eigenvalue weighted by molar-refractivity contribution is 0.299. The van der Waals surface area contributed by atoms with E-state index in [1.165, 1.54) is 5.56 Å². The van der Waals surface area contributed by atoms with Gasteiger partial charge in [0, 0.05) is 12.1 Å². The number of methoxy groups -OCH3 is 1. The topological polar surface area (TPSA) is 30.5 Å². The van der Waals surface area contributed by atoms with Crippen LogP contribution >= 0.6 is 0 Å². The van der Waals surface area contributed by atoms with Gasteiger partial charge in [-0.3, -0.25) is 0 Å². The van der Waals surface area contributed by atoms with E-state index in [2.05, 4.69) is 37.4 Å². The summed E-state index contributed by atoms with van der Waals surface area (Å²) in [6, 6.07) is 14.2. The van der Waals surface area contributed by atoms with Gasteiger partial charge >= 0.3 is 0 Å². The van der Waals surface area contributed by atoms with E-state index in [0.717, 1.165) is 35.7 Å². The van der Waals surface area contributed by atoms with E-state index in [9.17, 15) is 0 Å². The van der Waals surface area contributed by atoms with Crippen LogP contribution in [0.3, 0.4) is 0 Å². The quantitative estimate of drug-likeness (QED) is 0.841. The summed E-state index contributed by atoms with van der Waals surface area (Å²) in [6.45, 7) is 6.50. The summed E-state index contributed by atoms with van der Waals surface area (Å²) in [5, 5.41) is 3.35. The molecule has 0 spiro atoms. The number of para-hydroxylation sites is 1. The summed E-state index contributed by atoms with van der Waals surface area (Å²) in [5.41, 5.74) is 3.46. The third-order valence-corrected chi connectivity index (χ3v) is 3.38. The number of aryl methyl sites for hydroxylation is 1. The molecular formula is C18H23NO2.